The van der Waals surface area contributed by atoms with Gasteiger partial charge in [-0.15, -0.1) is 0 Å². The summed E-state index contributed by atoms with van der Waals surface area (Å²) in [6, 6.07) is 18.5. The summed E-state index contributed by atoms with van der Waals surface area (Å²) in [6.45, 7) is 7.21. The van der Waals surface area contributed by atoms with Crippen LogP contribution in [0.4, 0.5) is 5.69 Å². The molecule has 0 aromatic heterocycles. The molecule has 2 fully saturated rings. The zero-order valence-corrected chi connectivity index (χ0v) is 16.6. The van der Waals surface area contributed by atoms with E-state index in [2.05, 4.69) is 40.1 Å². The van der Waals surface area contributed by atoms with Gasteiger partial charge in [0, 0.05) is 57.9 Å². The Morgan fingerprint density at radius 3 is 2.29 bits per heavy atom. The lowest BCUT2D eigenvalue weighted by molar-refractivity contribution is -0.117. The van der Waals surface area contributed by atoms with E-state index in [0.29, 0.717) is 12.3 Å². The second kappa shape index (κ2) is 8.76. The zero-order valence-electron chi connectivity index (χ0n) is 16.6. The van der Waals surface area contributed by atoms with Gasteiger partial charge in [-0.25, -0.2) is 0 Å². The van der Waals surface area contributed by atoms with E-state index in [4.69, 9.17) is 4.74 Å². The third-order valence-corrected chi connectivity index (χ3v) is 5.82. The molecule has 2 saturated heterocycles. The normalized spacial score (nSPS) is 21.2. The molecule has 2 aromatic carbocycles. The molecule has 0 aliphatic carbocycles. The average molecular weight is 380 g/mol. The predicted molar refractivity (Wildman–Crippen MR) is 112 cm³/mol. The first-order valence-electron chi connectivity index (χ1n) is 10.1. The highest BCUT2D eigenvalue weighted by Crippen LogP contribution is 2.27. The molecule has 2 aliphatic heterocycles. The van der Waals surface area contributed by atoms with Crippen LogP contribution >= 0.6 is 0 Å². The number of carbonyl (C=O) groups is 1. The summed E-state index contributed by atoms with van der Waals surface area (Å²) in [4.78, 5) is 19.5. The number of methoxy groups -OCH3 is 1. The number of ether oxygens (including phenoxy) is 1. The number of nitrogens with zero attached hydrogens (tertiary/aromatic N) is 3. The number of carbonyl (C=O) groups excluding carboxylic acids is 1. The number of hydrogen-bond donors (Lipinski definition) is 0. The van der Waals surface area contributed by atoms with Crippen LogP contribution in [0.15, 0.2) is 54.6 Å². The Balaban J connectivity index is 1.26. The Labute approximate surface area is 167 Å². The fraction of sp³-hybridized carbons (Fsp3) is 0.435. The highest BCUT2D eigenvalue weighted by Gasteiger charge is 2.32. The largest absolute Gasteiger partial charge is 0.497 e. The molecule has 0 spiro atoms. The van der Waals surface area contributed by atoms with Crippen molar-refractivity contribution in [2.24, 2.45) is 5.92 Å². The summed E-state index contributed by atoms with van der Waals surface area (Å²) in [7, 11) is 1.66. The zero-order chi connectivity index (χ0) is 19.3. The topological polar surface area (TPSA) is 36.0 Å². The highest BCUT2D eigenvalue weighted by atomic mass is 16.5. The Bertz CT molecular complexity index is 770. The van der Waals surface area contributed by atoms with Crippen LogP contribution in [-0.4, -0.2) is 62.1 Å². The number of amides is 1. The lowest BCUT2D eigenvalue weighted by atomic mass is 10.1. The quantitative estimate of drug-likeness (QED) is 0.773. The van der Waals surface area contributed by atoms with Gasteiger partial charge in [0.25, 0.3) is 0 Å². The molecule has 5 nitrogen and oxygen atoms in total. The molecule has 0 radical (unpaired) electrons. The fourth-order valence-corrected chi connectivity index (χ4v) is 4.25. The van der Waals surface area contributed by atoms with Crippen LogP contribution in [0.5, 0.6) is 5.75 Å². The minimum Gasteiger partial charge on any atom is -0.497 e. The fourth-order valence-electron chi connectivity index (χ4n) is 4.25. The first kappa shape index (κ1) is 19.0. The molecular weight excluding hydrogens is 350 g/mol. The molecule has 4 rings (SSSR count). The van der Waals surface area contributed by atoms with Crippen LogP contribution in [0.25, 0.3) is 0 Å². The second-order valence-electron chi connectivity index (χ2n) is 7.83. The van der Waals surface area contributed by atoms with Crippen molar-refractivity contribution in [1.82, 2.24) is 9.80 Å². The van der Waals surface area contributed by atoms with Crippen LogP contribution < -0.4 is 9.64 Å². The molecule has 2 aromatic rings. The van der Waals surface area contributed by atoms with Crippen LogP contribution in [0, 0.1) is 5.92 Å². The molecule has 1 amide bonds. The van der Waals surface area contributed by atoms with Gasteiger partial charge >= 0.3 is 0 Å². The van der Waals surface area contributed by atoms with Gasteiger partial charge in [-0.1, -0.05) is 30.3 Å². The van der Waals surface area contributed by atoms with Crippen molar-refractivity contribution in [2.45, 2.75) is 13.0 Å². The smallest absolute Gasteiger partial charge is 0.227 e. The average Bonchev–Trinajstić information content (AvgIpc) is 3.10. The standard InChI is InChI=1S/C23H29N3O2/c1-28-22-9-7-21(8-10-22)26-18-20(15-23(26)27)17-25-13-11-24(12-14-25)16-19-5-3-2-4-6-19/h2-10,20H,11-18H2,1H3. The van der Waals surface area contributed by atoms with E-state index in [1.807, 2.05) is 29.2 Å². The summed E-state index contributed by atoms with van der Waals surface area (Å²) in [5.41, 5.74) is 2.36. The molecule has 0 bridgehead atoms. The van der Waals surface area contributed by atoms with Crippen molar-refractivity contribution in [1.29, 1.82) is 0 Å². The van der Waals surface area contributed by atoms with Crippen LogP contribution in [-0.2, 0) is 11.3 Å². The minimum atomic E-state index is 0.234. The van der Waals surface area contributed by atoms with Crippen molar-refractivity contribution in [3.05, 3.63) is 60.2 Å². The Hall–Kier alpha value is -2.37. The first-order chi connectivity index (χ1) is 13.7. The summed E-state index contributed by atoms with van der Waals surface area (Å²) < 4.78 is 5.21. The third-order valence-electron chi connectivity index (χ3n) is 5.82. The SMILES string of the molecule is COc1ccc(N2CC(CN3CCN(Cc4ccccc4)CC3)CC2=O)cc1. The molecule has 2 heterocycles. The molecule has 2 aliphatic rings. The van der Waals surface area contributed by atoms with Gasteiger partial charge in [-0.3, -0.25) is 9.69 Å². The summed E-state index contributed by atoms with van der Waals surface area (Å²) in [6.07, 6.45) is 0.649. The lowest BCUT2D eigenvalue weighted by Gasteiger charge is -2.35. The molecule has 1 atom stereocenters. The van der Waals surface area contributed by atoms with Gasteiger partial charge in [0.05, 0.1) is 7.11 Å². The van der Waals surface area contributed by atoms with Gasteiger partial charge in [-0.2, -0.15) is 0 Å². The van der Waals surface area contributed by atoms with Gasteiger partial charge < -0.3 is 14.5 Å². The highest BCUT2D eigenvalue weighted by molar-refractivity contribution is 5.95. The molecular formula is C23H29N3O2. The van der Waals surface area contributed by atoms with Crippen LogP contribution in [0.3, 0.4) is 0 Å². The molecule has 28 heavy (non-hydrogen) atoms. The van der Waals surface area contributed by atoms with Gasteiger partial charge in [0.15, 0.2) is 0 Å². The summed E-state index contributed by atoms with van der Waals surface area (Å²) >= 11 is 0. The van der Waals surface area contributed by atoms with E-state index < -0.39 is 0 Å². The minimum absolute atomic E-state index is 0.234. The number of anilines is 1. The second-order valence-corrected chi connectivity index (χ2v) is 7.83. The van der Waals surface area contributed by atoms with E-state index in [0.717, 1.165) is 57.3 Å². The van der Waals surface area contributed by atoms with Crippen LogP contribution in [0.1, 0.15) is 12.0 Å². The van der Waals surface area contributed by atoms with E-state index >= 15 is 0 Å². The van der Waals surface area contributed by atoms with Crippen molar-refractivity contribution >= 4 is 11.6 Å². The Kier molecular flexibility index (Phi) is 5.93. The van der Waals surface area contributed by atoms with Crippen LogP contribution in [0.2, 0.25) is 0 Å². The maximum absolute atomic E-state index is 12.5. The van der Waals surface area contributed by atoms with E-state index in [-0.39, 0.29) is 5.91 Å². The lowest BCUT2D eigenvalue weighted by Crippen LogP contribution is -2.47. The van der Waals surface area contributed by atoms with E-state index in [1.54, 1.807) is 7.11 Å². The number of rotatable bonds is 6. The van der Waals surface area contributed by atoms with Gasteiger partial charge in [0.1, 0.15) is 5.75 Å². The third kappa shape index (κ3) is 4.54. The van der Waals surface area contributed by atoms with Crippen molar-refractivity contribution in [3.63, 3.8) is 0 Å². The Morgan fingerprint density at radius 2 is 1.61 bits per heavy atom. The van der Waals surface area contributed by atoms with Gasteiger partial charge in [0.2, 0.25) is 5.91 Å². The Morgan fingerprint density at radius 1 is 0.929 bits per heavy atom. The molecule has 0 N–H and O–H groups in total. The maximum Gasteiger partial charge on any atom is 0.227 e. The summed E-state index contributed by atoms with van der Waals surface area (Å²) in [5, 5.41) is 0. The number of piperazine rings is 1. The summed E-state index contributed by atoms with van der Waals surface area (Å²) in [5.74, 6) is 1.47. The van der Waals surface area contributed by atoms with E-state index in [1.165, 1.54) is 5.56 Å². The van der Waals surface area contributed by atoms with Crippen molar-refractivity contribution in [2.75, 3.05) is 51.3 Å². The molecule has 148 valence electrons. The molecule has 0 saturated carbocycles. The molecule has 1 unspecified atom stereocenters. The van der Waals surface area contributed by atoms with E-state index in [9.17, 15) is 4.79 Å². The van der Waals surface area contributed by atoms with Crippen molar-refractivity contribution in [3.8, 4) is 5.75 Å². The maximum atomic E-state index is 12.5. The van der Waals surface area contributed by atoms with Gasteiger partial charge in [-0.05, 0) is 35.7 Å². The van der Waals surface area contributed by atoms with Crippen molar-refractivity contribution < 1.29 is 9.53 Å². The first-order valence-corrected chi connectivity index (χ1v) is 10.1. The molecule has 5 heteroatoms. The number of benzene rings is 2. The monoisotopic (exact) mass is 379 g/mol. The predicted octanol–water partition coefficient (Wildman–Crippen LogP) is 2.87. The number of hydrogen-bond acceptors (Lipinski definition) is 4.